The van der Waals surface area contributed by atoms with Gasteiger partial charge in [-0.2, -0.15) is 0 Å². The molecular weight excluding hydrogens is 266 g/mol. The maximum atomic E-state index is 10.8. The van der Waals surface area contributed by atoms with Gasteiger partial charge in [0.05, 0.1) is 12.0 Å². The molecule has 0 aliphatic carbocycles. The van der Waals surface area contributed by atoms with Crippen LogP contribution in [-0.2, 0) is 5.75 Å². The number of ether oxygens (including phenoxy) is 1. The molecular formula is C12H11N3O3S. The van der Waals surface area contributed by atoms with Crippen molar-refractivity contribution in [3.8, 4) is 5.75 Å². The lowest BCUT2D eigenvalue weighted by Crippen LogP contribution is -1.95. The van der Waals surface area contributed by atoms with E-state index in [1.807, 2.05) is 0 Å². The highest BCUT2D eigenvalue weighted by Gasteiger charge is 2.12. The summed E-state index contributed by atoms with van der Waals surface area (Å²) in [5.41, 5.74) is 0.791. The van der Waals surface area contributed by atoms with Gasteiger partial charge in [0.1, 0.15) is 5.75 Å². The lowest BCUT2D eigenvalue weighted by atomic mass is 10.2. The molecule has 0 spiro atoms. The lowest BCUT2D eigenvalue weighted by molar-refractivity contribution is -0.384. The summed E-state index contributed by atoms with van der Waals surface area (Å²) in [4.78, 5) is 18.5. The highest BCUT2D eigenvalue weighted by molar-refractivity contribution is 7.98. The van der Waals surface area contributed by atoms with E-state index < -0.39 is 4.92 Å². The second-order valence-electron chi connectivity index (χ2n) is 3.57. The Morgan fingerprint density at radius 2 is 2.11 bits per heavy atom. The largest absolute Gasteiger partial charge is 0.496 e. The van der Waals surface area contributed by atoms with Crippen LogP contribution < -0.4 is 4.74 Å². The SMILES string of the molecule is COc1ccc([N+](=O)[O-])cc1CSc1ncccn1. The molecule has 0 atom stereocenters. The molecule has 0 N–H and O–H groups in total. The highest BCUT2D eigenvalue weighted by atomic mass is 32.2. The predicted octanol–water partition coefficient (Wildman–Crippen LogP) is 2.69. The van der Waals surface area contributed by atoms with Crippen LogP contribution in [0.2, 0.25) is 0 Å². The van der Waals surface area contributed by atoms with Crippen molar-refractivity contribution in [1.29, 1.82) is 0 Å². The first kappa shape index (κ1) is 13.3. The zero-order valence-corrected chi connectivity index (χ0v) is 11.0. The Labute approximate surface area is 114 Å². The summed E-state index contributed by atoms with van der Waals surface area (Å²) in [5, 5.41) is 11.4. The number of benzene rings is 1. The average Bonchev–Trinajstić information content (AvgIpc) is 2.45. The summed E-state index contributed by atoms with van der Waals surface area (Å²) < 4.78 is 5.19. The van der Waals surface area contributed by atoms with Gasteiger partial charge >= 0.3 is 0 Å². The van der Waals surface area contributed by atoms with Gasteiger partial charge in [-0.05, 0) is 12.1 Å². The van der Waals surface area contributed by atoms with Crippen LogP contribution >= 0.6 is 11.8 Å². The van der Waals surface area contributed by atoms with E-state index in [1.54, 1.807) is 24.5 Å². The number of thioether (sulfide) groups is 1. The van der Waals surface area contributed by atoms with Gasteiger partial charge in [-0.15, -0.1) is 0 Å². The molecule has 0 aliphatic heterocycles. The fourth-order valence-electron chi connectivity index (χ4n) is 1.49. The summed E-state index contributed by atoms with van der Waals surface area (Å²) in [7, 11) is 1.54. The van der Waals surface area contributed by atoms with Gasteiger partial charge in [-0.1, -0.05) is 11.8 Å². The van der Waals surface area contributed by atoms with Crippen LogP contribution in [-0.4, -0.2) is 22.0 Å². The van der Waals surface area contributed by atoms with Crippen molar-refractivity contribution in [3.63, 3.8) is 0 Å². The van der Waals surface area contributed by atoms with Crippen molar-refractivity contribution >= 4 is 17.4 Å². The number of nitro benzene ring substituents is 1. The molecule has 1 heterocycles. The Morgan fingerprint density at radius 1 is 1.37 bits per heavy atom. The topological polar surface area (TPSA) is 78.2 Å². The Hall–Kier alpha value is -2.15. The molecule has 19 heavy (non-hydrogen) atoms. The van der Waals surface area contributed by atoms with Gasteiger partial charge in [0.15, 0.2) is 5.16 Å². The average molecular weight is 277 g/mol. The van der Waals surface area contributed by atoms with E-state index in [0.29, 0.717) is 16.7 Å². The third-order valence-corrected chi connectivity index (χ3v) is 3.30. The third-order valence-electron chi connectivity index (χ3n) is 2.37. The Kier molecular flexibility index (Phi) is 4.30. The molecule has 1 aromatic heterocycles. The zero-order chi connectivity index (χ0) is 13.7. The van der Waals surface area contributed by atoms with Crippen LogP contribution in [0, 0.1) is 10.1 Å². The zero-order valence-electron chi connectivity index (χ0n) is 10.1. The van der Waals surface area contributed by atoms with Crippen molar-refractivity contribution in [2.75, 3.05) is 7.11 Å². The number of nitro groups is 1. The van der Waals surface area contributed by atoms with Crippen molar-refractivity contribution in [1.82, 2.24) is 9.97 Å². The predicted molar refractivity (Wildman–Crippen MR) is 71.2 cm³/mol. The molecule has 0 saturated heterocycles. The summed E-state index contributed by atoms with van der Waals surface area (Å²) >= 11 is 1.40. The molecule has 7 heteroatoms. The monoisotopic (exact) mass is 277 g/mol. The maximum Gasteiger partial charge on any atom is 0.270 e. The van der Waals surface area contributed by atoms with Crippen molar-refractivity contribution in [2.24, 2.45) is 0 Å². The third kappa shape index (κ3) is 3.41. The van der Waals surface area contributed by atoms with E-state index in [4.69, 9.17) is 4.74 Å². The van der Waals surface area contributed by atoms with Gasteiger partial charge in [-0.25, -0.2) is 9.97 Å². The van der Waals surface area contributed by atoms with Crippen LogP contribution in [0.4, 0.5) is 5.69 Å². The van der Waals surface area contributed by atoms with Gasteiger partial charge in [0, 0.05) is 35.8 Å². The van der Waals surface area contributed by atoms with Crippen LogP contribution in [0.1, 0.15) is 5.56 Å². The second-order valence-corrected chi connectivity index (χ2v) is 4.52. The Bertz CT molecular complexity index is 578. The first-order valence-corrected chi connectivity index (χ1v) is 6.40. The van der Waals surface area contributed by atoms with E-state index in [9.17, 15) is 10.1 Å². The van der Waals surface area contributed by atoms with E-state index in [2.05, 4.69) is 9.97 Å². The molecule has 0 bridgehead atoms. The lowest BCUT2D eigenvalue weighted by Gasteiger charge is -2.07. The molecule has 2 rings (SSSR count). The summed E-state index contributed by atoms with van der Waals surface area (Å²) in [6.07, 6.45) is 3.31. The van der Waals surface area contributed by atoms with E-state index in [1.165, 1.54) is 31.0 Å². The quantitative estimate of drug-likeness (QED) is 0.362. The summed E-state index contributed by atoms with van der Waals surface area (Å²) in [6, 6.07) is 6.26. The molecule has 2 aromatic rings. The molecule has 0 saturated carbocycles. The van der Waals surface area contributed by atoms with E-state index in [-0.39, 0.29) is 5.69 Å². The second kappa shape index (κ2) is 6.14. The molecule has 0 amide bonds. The van der Waals surface area contributed by atoms with Crippen molar-refractivity contribution in [3.05, 3.63) is 52.3 Å². The number of methoxy groups -OCH3 is 1. The van der Waals surface area contributed by atoms with Gasteiger partial charge < -0.3 is 4.74 Å². The Morgan fingerprint density at radius 3 is 2.74 bits per heavy atom. The number of rotatable bonds is 5. The van der Waals surface area contributed by atoms with Crippen LogP contribution in [0.3, 0.4) is 0 Å². The minimum atomic E-state index is -0.424. The number of non-ortho nitro benzene ring substituents is 1. The molecule has 0 radical (unpaired) electrons. The van der Waals surface area contributed by atoms with Gasteiger partial charge in [0.25, 0.3) is 5.69 Å². The molecule has 1 aromatic carbocycles. The van der Waals surface area contributed by atoms with E-state index >= 15 is 0 Å². The summed E-state index contributed by atoms with van der Waals surface area (Å²) in [6.45, 7) is 0. The normalized spacial score (nSPS) is 10.2. The molecule has 0 aliphatic rings. The first-order chi connectivity index (χ1) is 9.20. The molecule has 0 unspecified atom stereocenters. The van der Waals surface area contributed by atoms with Crippen molar-refractivity contribution < 1.29 is 9.66 Å². The summed E-state index contributed by atoms with van der Waals surface area (Å²) in [5.74, 6) is 1.13. The Balaban J connectivity index is 2.18. The number of hydrogen-bond donors (Lipinski definition) is 0. The van der Waals surface area contributed by atoms with Crippen LogP contribution in [0.25, 0.3) is 0 Å². The first-order valence-electron chi connectivity index (χ1n) is 5.42. The van der Waals surface area contributed by atoms with Gasteiger partial charge in [0.2, 0.25) is 0 Å². The number of hydrogen-bond acceptors (Lipinski definition) is 6. The number of aromatic nitrogens is 2. The minimum Gasteiger partial charge on any atom is -0.496 e. The number of nitrogens with zero attached hydrogens (tertiary/aromatic N) is 3. The fourth-order valence-corrected chi connectivity index (χ4v) is 2.27. The highest BCUT2D eigenvalue weighted by Crippen LogP contribution is 2.29. The van der Waals surface area contributed by atoms with Crippen LogP contribution in [0.15, 0.2) is 41.8 Å². The molecule has 98 valence electrons. The van der Waals surface area contributed by atoms with Crippen LogP contribution in [0.5, 0.6) is 5.75 Å². The van der Waals surface area contributed by atoms with Crippen molar-refractivity contribution in [2.45, 2.75) is 10.9 Å². The minimum absolute atomic E-state index is 0.0466. The van der Waals surface area contributed by atoms with Gasteiger partial charge in [-0.3, -0.25) is 10.1 Å². The molecule has 0 fully saturated rings. The smallest absolute Gasteiger partial charge is 0.270 e. The standard InChI is InChI=1S/C12H11N3O3S/c1-18-11-4-3-10(15(16)17)7-9(11)8-19-12-13-5-2-6-14-12/h2-7H,8H2,1H3. The van der Waals surface area contributed by atoms with E-state index in [0.717, 1.165) is 5.56 Å². The fraction of sp³-hybridized carbons (Fsp3) is 0.167. The molecule has 6 nitrogen and oxygen atoms in total. The maximum absolute atomic E-state index is 10.8.